The lowest BCUT2D eigenvalue weighted by atomic mass is 10.1. The van der Waals surface area contributed by atoms with E-state index in [1.165, 1.54) is 5.56 Å². The molecule has 5 nitrogen and oxygen atoms in total. The molecule has 0 saturated carbocycles. The van der Waals surface area contributed by atoms with Crippen molar-refractivity contribution in [2.45, 2.75) is 31.9 Å². The van der Waals surface area contributed by atoms with Crippen molar-refractivity contribution < 1.29 is 14.3 Å². The van der Waals surface area contributed by atoms with Gasteiger partial charge in [0, 0.05) is 37.3 Å². The first-order valence-corrected chi connectivity index (χ1v) is 9.06. The molecule has 0 N–H and O–H groups in total. The van der Waals surface area contributed by atoms with Crippen LogP contribution in [0.5, 0.6) is 5.88 Å². The maximum absolute atomic E-state index is 12.7. The van der Waals surface area contributed by atoms with Gasteiger partial charge in [-0.05, 0) is 41.8 Å². The lowest BCUT2D eigenvalue weighted by Gasteiger charge is -2.25. The summed E-state index contributed by atoms with van der Waals surface area (Å²) in [7, 11) is 1.84. The minimum Gasteiger partial charge on any atom is -0.472 e. The molecular weight excluding hydrogens is 324 g/mol. The van der Waals surface area contributed by atoms with Crippen molar-refractivity contribution in [1.82, 2.24) is 9.88 Å². The van der Waals surface area contributed by atoms with Gasteiger partial charge in [-0.3, -0.25) is 4.79 Å². The molecule has 1 aliphatic heterocycles. The average Bonchev–Trinajstić information content (AvgIpc) is 3.27. The summed E-state index contributed by atoms with van der Waals surface area (Å²) in [5, 5.41) is 4.18. The molecular formula is C18H22N2O3S. The van der Waals surface area contributed by atoms with Crippen molar-refractivity contribution in [2.75, 3.05) is 20.3 Å². The fourth-order valence-electron chi connectivity index (χ4n) is 2.67. The van der Waals surface area contributed by atoms with Crippen LogP contribution in [0.2, 0.25) is 0 Å². The minimum atomic E-state index is -0.0207. The standard InChI is InChI=1S/C18H22N2O3S/c1-13(9-14-5-8-24-12-14)20(2)18(21)15-3-6-19-17(10-15)23-16-4-7-22-11-16/h3,5-6,8,10,12-13,16H,4,7,9,11H2,1-2H3/t13-,16+/m1/s1. The molecule has 1 amide bonds. The molecule has 0 spiro atoms. The van der Waals surface area contributed by atoms with Crippen LogP contribution in [0, 0.1) is 0 Å². The number of carbonyl (C=O) groups is 1. The fourth-order valence-corrected chi connectivity index (χ4v) is 3.36. The Hall–Kier alpha value is -1.92. The van der Waals surface area contributed by atoms with Crippen molar-refractivity contribution in [2.24, 2.45) is 0 Å². The molecule has 1 fully saturated rings. The van der Waals surface area contributed by atoms with Crippen LogP contribution in [-0.2, 0) is 11.2 Å². The zero-order valence-corrected chi connectivity index (χ0v) is 14.8. The number of ether oxygens (including phenoxy) is 2. The number of hydrogen-bond donors (Lipinski definition) is 0. The number of rotatable bonds is 6. The van der Waals surface area contributed by atoms with Gasteiger partial charge in [0.05, 0.1) is 13.2 Å². The zero-order valence-electron chi connectivity index (χ0n) is 14.0. The number of nitrogens with zero attached hydrogens (tertiary/aromatic N) is 2. The van der Waals surface area contributed by atoms with E-state index in [1.54, 1.807) is 34.6 Å². The molecule has 2 aromatic rings. The van der Waals surface area contributed by atoms with Gasteiger partial charge in [-0.1, -0.05) is 0 Å². The minimum absolute atomic E-state index is 0.0207. The maximum Gasteiger partial charge on any atom is 0.254 e. The Bertz CT molecular complexity index is 669. The van der Waals surface area contributed by atoms with Gasteiger partial charge < -0.3 is 14.4 Å². The van der Waals surface area contributed by atoms with Gasteiger partial charge in [0.1, 0.15) is 6.10 Å². The lowest BCUT2D eigenvalue weighted by Crippen LogP contribution is -2.36. The predicted molar refractivity (Wildman–Crippen MR) is 93.7 cm³/mol. The van der Waals surface area contributed by atoms with E-state index in [9.17, 15) is 4.79 Å². The first-order valence-electron chi connectivity index (χ1n) is 8.12. The van der Waals surface area contributed by atoms with Crippen LogP contribution in [0.4, 0.5) is 0 Å². The largest absolute Gasteiger partial charge is 0.472 e. The second-order valence-corrected chi connectivity index (χ2v) is 6.87. The van der Waals surface area contributed by atoms with E-state index in [2.05, 4.69) is 28.7 Å². The molecule has 3 rings (SSSR count). The number of amides is 1. The molecule has 0 aliphatic carbocycles. The summed E-state index contributed by atoms with van der Waals surface area (Å²) < 4.78 is 11.1. The third-order valence-electron chi connectivity index (χ3n) is 4.25. The molecule has 2 aromatic heterocycles. The van der Waals surface area contributed by atoms with Crippen LogP contribution in [0.15, 0.2) is 35.2 Å². The van der Waals surface area contributed by atoms with Gasteiger partial charge in [-0.15, -0.1) is 0 Å². The first-order chi connectivity index (χ1) is 11.6. The summed E-state index contributed by atoms with van der Waals surface area (Å²) in [4.78, 5) is 18.7. The highest BCUT2D eigenvalue weighted by Gasteiger charge is 2.21. The highest BCUT2D eigenvalue weighted by molar-refractivity contribution is 7.07. The number of thiophene rings is 1. The Kier molecular flexibility index (Phi) is 5.48. The summed E-state index contributed by atoms with van der Waals surface area (Å²) >= 11 is 1.68. The van der Waals surface area contributed by atoms with E-state index in [0.717, 1.165) is 12.8 Å². The predicted octanol–water partition coefficient (Wildman–Crippen LogP) is 3.01. The SMILES string of the molecule is C[C@H](Cc1ccsc1)N(C)C(=O)c1ccnc(O[C@H]2CCOC2)c1. The van der Waals surface area contributed by atoms with Crippen molar-refractivity contribution in [1.29, 1.82) is 0 Å². The van der Waals surface area contributed by atoms with Gasteiger partial charge in [0.25, 0.3) is 5.91 Å². The molecule has 0 aromatic carbocycles. The molecule has 24 heavy (non-hydrogen) atoms. The third kappa shape index (κ3) is 4.13. The van der Waals surface area contributed by atoms with E-state index in [4.69, 9.17) is 9.47 Å². The highest BCUT2D eigenvalue weighted by Crippen LogP contribution is 2.18. The first kappa shape index (κ1) is 16.9. The number of aromatic nitrogens is 1. The highest BCUT2D eigenvalue weighted by atomic mass is 32.1. The quantitative estimate of drug-likeness (QED) is 0.807. The van der Waals surface area contributed by atoms with Gasteiger partial charge in [0.15, 0.2) is 0 Å². The molecule has 0 unspecified atom stereocenters. The summed E-state index contributed by atoms with van der Waals surface area (Å²) in [5.74, 6) is 0.461. The molecule has 0 radical (unpaired) electrons. The van der Waals surface area contributed by atoms with E-state index in [1.807, 2.05) is 7.05 Å². The Morgan fingerprint density at radius 1 is 1.54 bits per heavy atom. The Morgan fingerprint density at radius 2 is 2.42 bits per heavy atom. The maximum atomic E-state index is 12.7. The van der Waals surface area contributed by atoms with Crippen LogP contribution in [0.25, 0.3) is 0 Å². The zero-order chi connectivity index (χ0) is 16.9. The van der Waals surface area contributed by atoms with Crippen LogP contribution < -0.4 is 4.74 Å². The molecule has 1 saturated heterocycles. The summed E-state index contributed by atoms with van der Waals surface area (Å²) in [6.45, 7) is 3.35. The van der Waals surface area contributed by atoms with Gasteiger partial charge in [-0.25, -0.2) is 4.98 Å². The molecule has 0 bridgehead atoms. The summed E-state index contributed by atoms with van der Waals surface area (Å²) in [5.41, 5.74) is 1.85. The number of carbonyl (C=O) groups excluding carboxylic acids is 1. The monoisotopic (exact) mass is 346 g/mol. The summed E-state index contributed by atoms with van der Waals surface area (Å²) in [6, 6.07) is 5.66. The number of hydrogen-bond acceptors (Lipinski definition) is 5. The van der Waals surface area contributed by atoms with E-state index < -0.39 is 0 Å². The Labute approximate surface area is 146 Å². The number of pyridine rings is 1. The smallest absolute Gasteiger partial charge is 0.254 e. The normalized spacial score (nSPS) is 18.3. The van der Waals surface area contributed by atoms with Crippen molar-refractivity contribution in [3.05, 3.63) is 46.3 Å². The van der Waals surface area contributed by atoms with Gasteiger partial charge in [-0.2, -0.15) is 11.3 Å². The second-order valence-electron chi connectivity index (χ2n) is 6.09. The average molecular weight is 346 g/mol. The number of likely N-dealkylation sites (N-methyl/N-ethyl adjacent to an activating group) is 1. The second kappa shape index (κ2) is 7.77. The van der Waals surface area contributed by atoms with Crippen LogP contribution >= 0.6 is 11.3 Å². The molecule has 2 atom stereocenters. The fraction of sp³-hybridized carbons (Fsp3) is 0.444. The van der Waals surface area contributed by atoms with Crippen LogP contribution in [0.3, 0.4) is 0 Å². The van der Waals surface area contributed by atoms with Crippen LogP contribution in [0.1, 0.15) is 29.3 Å². The van der Waals surface area contributed by atoms with E-state index >= 15 is 0 Å². The van der Waals surface area contributed by atoms with Crippen molar-refractivity contribution in [3.63, 3.8) is 0 Å². The van der Waals surface area contributed by atoms with Gasteiger partial charge in [0.2, 0.25) is 5.88 Å². The lowest BCUT2D eigenvalue weighted by molar-refractivity contribution is 0.0742. The third-order valence-corrected chi connectivity index (χ3v) is 4.98. The van der Waals surface area contributed by atoms with Crippen LogP contribution in [-0.4, -0.2) is 48.2 Å². The van der Waals surface area contributed by atoms with E-state index in [-0.39, 0.29) is 18.1 Å². The van der Waals surface area contributed by atoms with E-state index in [0.29, 0.717) is 24.7 Å². The topological polar surface area (TPSA) is 51.7 Å². The molecule has 128 valence electrons. The van der Waals surface area contributed by atoms with Crippen molar-refractivity contribution in [3.8, 4) is 5.88 Å². The summed E-state index contributed by atoms with van der Waals surface area (Å²) in [6.07, 6.45) is 3.35. The molecule has 1 aliphatic rings. The molecule has 6 heteroatoms. The van der Waals surface area contributed by atoms with Gasteiger partial charge >= 0.3 is 0 Å². The molecule has 3 heterocycles. The Morgan fingerprint density at radius 3 is 3.12 bits per heavy atom. The Balaban J connectivity index is 1.64. The van der Waals surface area contributed by atoms with Crippen molar-refractivity contribution >= 4 is 17.2 Å².